The van der Waals surface area contributed by atoms with Crippen molar-refractivity contribution in [2.75, 3.05) is 5.73 Å². The third kappa shape index (κ3) is 1.44. The van der Waals surface area contributed by atoms with Gasteiger partial charge in [-0.3, -0.25) is 0 Å². The summed E-state index contributed by atoms with van der Waals surface area (Å²) in [5, 5.41) is 0.155. The Bertz CT molecular complexity index is 511. The summed E-state index contributed by atoms with van der Waals surface area (Å²) in [6, 6.07) is 3.18. The number of anilines is 1. The molecule has 3 N–H and O–H groups in total. The van der Waals surface area contributed by atoms with Gasteiger partial charge in [0.25, 0.3) is 0 Å². The third-order valence-electron chi connectivity index (χ3n) is 2.38. The zero-order chi connectivity index (χ0) is 11.2. The summed E-state index contributed by atoms with van der Waals surface area (Å²) in [4.78, 5) is 2.56. The van der Waals surface area contributed by atoms with Gasteiger partial charge in [-0.1, -0.05) is 6.07 Å². The van der Waals surface area contributed by atoms with Crippen LogP contribution in [0.25, 0.3) is 10.9 Å². The van der Waals surface area contributed by atoms with E-state index in [2.05, 4.69) is 4.98 Å². The maximum Gasteiger partial charge on any atom is 0.418 e. The lowest BCUT2D eigenvalue weighted by molar-refractivity contribution is -0.136. The van der Waals surface area contributed by atoms with Gasteiger partial charge in [-0.05, 0) is 18.6 Å². The van der Waals surface area contributed by atoms with E-state index < -0.39 is 11.7 Å². The van der Waals surface area contributed by atoms with Crippen molar-refractivity contribution in [1.82, 2.24) is 4.98 Å². The molecular formula is C10H9F3N2. The molecule has 0 radical (unpaired) electrons. The van der Waals surface area contributed by atoms with Gasteiger partial charge in [0, 0.05) is 11.6 Å². The molecule has 2 aromatic rings. The quantitative estimate of drug-likeness (QED) is 0.650. The van der Waals surface area contributed by atoms with E-state index in [1.54, 1.807) is 19.1 Å². The lowest BCUT2D eigenvalue weighted by atomic mass is 10.1. The molecule has 80 valence electrons. The van der Waals surface area contributed by atoms with Crippen LogP contribution in [0.1, 0.15) is 11.1 Å². The van der Waals surface area contributed by atoms with Crippen LogP contribution >= 0.6 is 0 Å². The lowest BCUT2D eigenvalue weighted by Gasteiger charge is -2.06. The van der Waals surface area contributed by atoms with E-state index in [0.717, 1.165) is 6.20 Å². The van der Waals surface area contributed by atoms with Gasteiger partial charge in [-0.15, -0.1) is 0 Å². The summed E-state index contributed by atoms with van der Waals surface area (Å²) in [6.45, 7) is 1.63. The SMILES string of the molecule is Cc1ccc(N)c2[nH]cc(C(F)(F)F)c12. The number of hydrogen-bond acceptors (Lipinski definition) is 1. The Kier molecular flexibility index (Phi) is 1.92. The first kappa shape index (κ1) is 9.89. The third-order valence-corrected chi connectivity index (χ3v) is 2.38. The first-order chi connectivity index (χ1) is 6.91. The van der Waals surface area contributed by atoms with Crippen molar-refractivity contribution in [2.45, 2.75) is 13.1 Å². The van der Waals surface area contributed by atoms with Gasteiger partial charge >= 0.3 is 6.18 Å². The predicted octanol–water partition coefficient (Wildman–Crippen LogP) is 3.08. The molecule has 0 saturated heterocycles. The minimum Gasteiger partial charge on any atom is -0.397 e. The number of nitrogens with one attached hydrogen (secondary N) is 1. The van der Waals surface area contributed by atoms with Crippen molar-refractivity contribution in [3.8, 4) is 0 Å². The molecule has 1 aromatic carbocycles. The molecule has 0 bridgehead atoms. The molecule has 0 unspecified atom stereocenters. The van der Waals surface area contributed by atoms with Crippen LogP contribution in [-0.2, 0) is 6.18 Å². The van der Waals surface area contributed by atoms with Crippen LogP contribution in [0.2, 0.25) is 0 Å². The second kappa shape index (κ2) is 2.92. The zero-order valence-corrected chi connectivity index (χ0v) is 7.94. The van der Waals surface area contributed by atoms with E-state index >= 15 is 0 Å². The maximum absolute atomic E-state index is 12.6. The minimum absolute atomic E-state index is 0.155. The number of nitrogens with two attached hydrogens (primary N) is 1. The number of hydrogen-bond donors (Lipinski definition) is 2. The van der Waals surface area contributed by atoms with Crippen LogP contribution in [0.4, 0.5) is 18.9 Å². The molecule has 0 aliphatic rings. The Balaban J connectivity index is 2.85. The minimum atomic E-state index is -4.35. The van der Waals surface area contributed by atoms with Crippen LogP contribution in [0.15, 0.2) is 18.3 Å². The normalized spacial score (nSPS) is 12.3. The Morgan fingerprint density at radius 2 is 1.93 bits per heavy atom. The largest absolute Gasteiger partial charge is 0.418 e. The molecule has 1 aromatic heterocycles. The van der Waals surface area contributed by atoms with E-state index in [9.17, 15) is 13.2 Å². The second-order valence-electron chi connectivity index (χ2n) is 3.42. The van der Waals surface area contributed by atoms with E-state index in [0.29, 0.717) is 16.8 Å². The number of nitrogen functional groups attached to an aromatic ring is 1. The predicted molar refractivity (Wildman–Crippen MR) is 52.5 cm³/mol. The Morgan fingerprint density at radius 1 is 1.27 bits per heavy atom. The van der Waals surface area contributed by atoms with Gasteiger partial charge in [-0.2, -0.15) is 13.2 Å². The Hall–Kier alpha value is -1.65. The number of aromatic amines is 1. The number of aromatic nitrogens is 1. The summed E-state index contributed by atoms with van der Waals surface area (Å²) < 4.78 is 37.8. The van der Waals surface area contributed by atoms with E-state index in [1.807, 2.05) is 0 Å². The fourth-order valence-electron chi connectivity index (χ4n) is 1.67. The molecule has 2 nitrogen and oxygen atoms in total. The monoisotopic (exact) mass is 214 g/mol. The van der Waals surface area contributed by atoms with Crippen molar-refractivity contribution in [2.24, 2.45) is 0 Å². The summed E-state index contributed by atoms with van der Waals surface area (Å²) in [7, 11) is 0. The van der Waals surface area contributed by atoms with Gasteiger partial charge in [0.2, 0.25) is 0 Å². The highest BCUT2D eigenvalue weighted by molar-refractivity contribution is 5.95. The standard InChI is InChI=1S/C10H9F3N2/c1-5-2-3-7(14)9-8(5)6(4-15-9)10(11,12)13/h2-4,15H,14H2,1H3. The number of aryl methyl sites for hydroxylation is 1. The average Bonchev–Trinajstić information content (AvgIpc) is 2.55. The van der Waals surface area contributed by atoms with Crippen molar-refractivity contribution in [1.29, 1.82) is 0 Å². The molecule has 15 heavy (non-hydrogen) atoms. The molecule has 0 aliphatic heterocycles. The van der Waals surface area contributed by atoms with Gasteiger partial charge in [0.1, 0.15) is 0 Å². The molecule has 0 spiro atoms. The van der Waals surface area contributed by atoms with Crippen LogP contribution < -0.4 is 5.73 Å². The highest BCUT2D eigenvalue weighted by atomic mass is 19.4. The first-order valence-electron chi connectivity index (χ1n) is 4.34. The van der Waals surface area contributed by atoms with Gasteiger partial charge in [-0.25, -0.2) is 0 Å². The number of benzene rings is 1. The highest BCUT2D eigenvalue weighted by Crippen LogP contribution is 2.37. The maximum atomic E-state index is 12.6. The van der Waals surface area contributed by atoms with Crippen molar-refractivity contribution >= 4 is 16.6 Å². The molecule has 0 atom stereocenters. The highest BCUT2D eigenvalue weighted by Gasteiger charge is 2.34. The molecule has 0 aliphatic carbocycles. The second-order valence-corrected chi connectivity index (χ2v) is 3.42. The summed E-state index contributed by atoms with van der Waals surface area (Å²) >= 11 is 0. The van der Waals surface area contributed by atoms with Gasteiger partial charge in [0.05, 0.1) is 16.8 Å². The summed E-state index contributed by atoms with van der Waals surface area (Å²) in [6.07, 6.45) is -3.40. The van der Waals surface area contributed by atoms with Crippen molar-refractivity contribution in [3.05, 3.63) is 29.5 Å². The van der Waals surface area contributed by atoms with Gasteiger partial charge in [0.15, 0.2) is 0 Å². The molecule has 2 rings (SSSR count). The molecule has 1 heterocycles. The number of H-pyrrole nitrogens is 1. The van der Waals surface area contributed by atoms with E-state index in [1.165, 1.54) is 0 Å². The zero-order valence-electron chi connectivity index (χ0n) is 7.94. The fourth-order valence-corrected chi connectivity index (χ4v) is 1.67. The van der Waals surface area contributed by atoms with Crippen LogP contribution in [0.5, 0.6) is 0 Å². The Morgan fingerprint density at radius 3 is 2.53 bits per heavy atom. The van der Waals surface area contributed by atoms with Crippen molar-refractivity contribution < 1.29 is 13.2 Å². The molecular weight excluding hydrogens is 205 g/mol. The average molecular weight is 214 g/mol. The van der Waals surface area contributed by atoms with E-state index in [4.69, 9.17) is 5.73 Å². The molecule has 5 heteroatoms. The molecule has 0 amide bonds. The van der Waals surface area contributed by atoms with Crippen LogP contribution in [-0.4, -0.2) is 4.98 Å². The van der Waals surface area contributed by atoms with Crippen molar-refractivity contribution in [3.63, 3.8) is 0 Å². The number of fused-ring (bicyclic) bond motifs is 1. The van der Waals surface area contributed by atoms with Gasteiger partial charge < -0.3 is 10.7 Å². The smallest absolute Gasteiger partial charge is 0.397 e. The van der Waals surface area contributed by atoms with Crippen LogP contribution in [0, 0.1) is 6.92 Å². The lowest BCUT2D eigenvalue weighted by Crippen LogP contribution is -2.04. The number of alkyl halides is 3. The summed E-state index contributed by atoms with van der Waals surface area (Å²) in [5.74, 6) is 0. The van der Waals surface area contributed by atoms with Crippen LogP contribution in [0.3, 0.4) is 0 Å². The van der Waals surface area contributed by atoms with E-state index in [-0.39, 0.29) is 5.39 Å². The topological polar surface area (TPSA) is 41.8 Å². The first-order valence-corrected chi connectivity index (χ1v) is 4.34. The fraction of sp³-hybridized carbons (Fsp3) is 0.200. The number of rotatable bonds is 0. The summed E-state index contributed by atoms with van der Waals surface area (Å²) in [5.41, 5.74) is 6.16. The molecule has 0 saturated carbocycles. The Labute approximate surface area is 83.9 Å². The molecule has 0 fully saturated rings. The number of halogens is 3.